The fourth-order valence-corrected chi connectivity index (χ4v) is 1.30. The summed E-state index contributed by atoms with van der Waals surface area (Å²) in [5.74, 6) is -0.184. The van der Waals surface area contributed by atoms with Gasteiger partial charge in [0.2, 0.25) is 5.88 Å². The van der Waals surface area contributed by atoms with Gasteiger partial charge in [-0.3, -0.25) is 4.79 Å². The third kappa shape index (κ3) is 1.63. The topological polar surface area (TPSA) is 52.1 Å². The van der Waals surface area contributed by atoms with E-state index >= 15 is 0 Å². The molecule has 0 saturated carbocycles. The van der Waals surface area contributed by atoms with Crippen molar-refractivity contribution in [1.82, 2.24) is 9.97 Å². The maximum Gasteiger partial charge on any atom is 0.224 e. The maximum absolute atomic E-state index is 13.0. The molecule has 0 amide bonds. The molecule has 4 nitrogen and oxygen atoms in total. The first-order chi connectivity index (χ1) is 7.24. The molecule has 1 aromatic heterocycles. The number of hydrogen-bond donors (Lipinski definition) is 0. The van der Waals surface area contributed by atoms with Crippen molar-refractivity contribution in [3.63, 3.8) is 0 Å². The van der Waals surface area contributed by atoms with Gasteiger partial charge in [-0.25, -0.2) is 9.37 Å². The van der Waals surface area contributed by atoms with Gasteiger partial charge >= 0.3 is 0 Å². The summed E-state index contributed by atoms with van der Waals surface area (Å²) in [6, 6.07) is 4.01. The maximum atomic E-state index is 13.0. The van der Waals surface area contributed by atoms with Gasteiger partial charge in [0.25, 0.3) is 0 Å². The van der Waals surface area contributed by atoms with Crippen LogP contribution in [0.25, 0.3) is 10.9 Å². The van der Waals surface area contributed by atoms with Gasteiger partial charge in [0.15, 0.2) is 12.1 Å². The number of benzene rings is 1. The number of methoxy groups -OCH3 is 1. The first-order valence-electron chi connectivity index (χ1n) is 4.21. The zero-order valence-corrected chi connectivity index (χ0v) is 7.90. The van der Waals surface area contributed by atoms with Gasteiger partial charge in [0, 0.05) is 0 Å². The Kier molecular flexibility index (Phi) is 2.29. The quantitative estimate of drug-likeness (QED) is 0.700. The van der Waals surface area contributed by atoms with Gasteiger partial charge < -0.3 is 4.74 Å². The van der Waals surface area contributed by atoms with Gasteiger partial charge in [-0.1, -0.05) is 0 Å². The molecular weight excluding hydrogens is 199 g/mol. The molecule has 76 valence electrons. The smallest absolute Gasteiger partial charge is 0.224 e. The van der Waals surface area contributed by atoms with E-state index in [0.29, 0.717) is 17.2 Å². The molecule has 0 unspecified atom stereocenters. The number of ether oxygens (including phenoxy) is 1. The number of aromatic nitrogens is 2. The lowest BCUT2D eigenvalue weighted by Crippen LogP contribution is -1.98. The van der Waals surface area contributed by atoms with Gasteiger partial charge in [-0.2, -0.15) is 4.98 Å². The molecule has 5 heteroatoms. The monoisotopic (exact) mass is 206 g/mol. The van der Waals surface area contributed by atoms with Gasteiger partial charge in [-0.15, -0.1) is 0 Å². The molecule has 0 radical (unpaired) electrons. The molecule has 2 aromatic rings. The van der Waals surface area contributed by atoms with Gasteiger partial charge in [0.1, 0.15) is 5.82 Å². The van der Waals surface area contributed by atoms with Crippen LogP contribution in [0.5, 0.6) is 5.88 Å². The number of nitrogens with zero attached hydrogens (tertiary/aromatic N) is 2. The zero-order valence-electron chi connectivity index (χ0n) is 7.90. The predicted octanol–water partition coefficient (Wildman–Crippen LogP) is 1.59. The Bertz CT molecular complexity index is 528. The molecule has 0 atom stereocenters. The van der Waals surface area contributed by atoms with Crippen LogP contribution in [0.15, 0.2) is 18.2 Å². The van der Waals surface area contributed by atoms with E-state index in [1.54, 1.807) is 0 Å². The molecule has 0 bridgehead atoms. The SMILES string of the molecule is COc1nc(C=O)nc2ccc(F)cc12. The highest BCUT2D eigenvalue weighted by Gasteiger charge is 2.08. The Hall–Kier alpha value is -2.04. The second-order valence-corrected chi connectivity index (χ2v) is 2.87. The van der Waals surface area contributed by atoms with Crippen LogP contribution in [0.4, 0.5) is 4.39 Å². The van der Waals surface area contributed by atoms with Gasteiger partial charge in [0.05, 0.1) is 18.0 Å². The van der Waals surface area contributed by atoms with Crippen LogP contribution in [0.2, 0.25) is 0 Å². The Labute approximate surface area is 84.7 Å². The number of aldehydes is 1. The number of fused-ring (bicyclic) bond motifs is 1. The summed E-state index contributed by atoms with van der Waals surface area (Å²) in [7, 11) is 1.40. The Morgan fingerprint density at radius 3 is 2.87 bits per heavy atom. The molecule has 0 aliphatic rings. The highest BCUT2D eigenvalue weighted by Crippen LogP contribution is 2.22. The van der Waals surface area contributed by atoms with Crippen molar-refractivity contribution in [2.75, 3.05) is 7.11 Å². The highest BCUT2D eigenvalue weighted by molar-refractivity contribution is 5.86. The molecule has 0 N–H and O–H groups in total. The van der Waals surface area contributed by atoms with Crippen molar-refractivity contribution in [2.45, 2.75) is 0 Å². The minimum Gasteiger partial charge on any atom is -0.480 e. The molecular formula is C10H7FN2O2. The van der Waals surface area contributed by atoms with Crippen molar-refractivity contribution in [3.8, 4) is 5.88 Å². The van der Waals surface area contributed by atoms with Crippen molar-refractivity contribution in [3.05, 3.63) is 29.8 Å². The minimum atomic E-state index is -0.400. The van der Waals surface area contributed by atoms with E-state index in [0.717, 1.165) is 0 Å². The summed E-state index contributed by atoms with van der Waals surface area (Å²) >= 11 is 0. The lowest BCUT2D eigenvalue weighted by molar-refractivity contribution is 0.111. The molecule has 1 heterocycles. The first-order valence-corrected chi connectivity index (χ1v) is 4.21. The predicted molar refractivity (Wildman–Crippen MR) is 51.4 cm³/mol. The van der Waals surface area contributed by atoms with Crippen LogP contribution in [-0.2, 0) is 0 Å². The number of carbonyl (C=O) groups excluding carboxylic acids is 1. The Balaban J connectivity index is 2.80. The largest absolute Gasteiger partial charge is 0.480 e. The summed E-state index contributed by atoms with van der Waals surface area (Å²) in [5, 5.41) is 0.447. The minimum absolute atomic E-state index is 0.0194. The zero-order chi connectivity index (χ0) is 10.8. The molecule has 0 aliphatic heterocycles. The fourth-order valence-electron chi connectivity index (χ4n) is 1.30. The average Bonchev–Trinajstić information content (AvgIpc) is 2.27. The van der Waals surface area contributed by atoms with E-state index in [2.05, 4.69) is 9.97 Å². The summed E-state index contributed by atoms with van der Waals surface area (Å²) in [6.07, 6.45) is 0.519. The lowest BCUT2D eigenvalue weighted by Gasteiger charge is -2.04. The standard InChI is InChI=1S/C10H7FN2O2/c1-15-10-7-4-6(11)2-3-8(7)12-9(5-14)13-10/h2-5H,1H3. The summed E-state index contributed by atoms with van der Waals surface area (Å²) in [6.45, 7) is 0. The van der Waals surface area contributed by atoms with Crippen LogP contribution in [0.1, 0.15) is 10.6 Å². The van der Waals surface area contributed by atoms with Crippen LogP contribution in [0.3, 0.4) is 0 Å². The van der Waals surface area contributed by atoms with E-state index in [1.165, 1.54) is 25.3 Å². The molecule has 15 heavy (non-hydrogen) atoms. The van der Waals surface area contributed by atoms with Crippen LogP contribution < -0.4 is 4.74 Å². The van der Waals surface area contributed by atoms with E-state index in [4.69, 9.17) is 4.74 Å². The normalized spacial score (nSPS) is 10.3. The van der Waals surface area contributed by atoms with Crippen LogP contribution in [-0.4, -0.2) is 23.4 Å². The second kappa shape index (κ2) is 3.61. The van der Waals surface area contributed by atoms with E-state index < -0.39 is 5.82 Å². The molecule has 2 rings (SSSR count). The number of halogens is 1. The number of hydrogen-bond acceptors (Lipinski definition) is 4. The van der Waals surface area contributed by atoms with Gasteiger partial charge in [-0.05, 0) is 18.2 Å². The third-order valence-corrected chi connectivity index (χ3v) is 1.94. The fraction of sp³-hybridized carbons (Fsp3) is 0.100. The van der Waals surface area contributed by atoms with Crippen molar-refractivity contribution < 1.29 is 13.9 Å². The van der Waals surface area contributed by atoms with Crippen molar-refractivity contribution >= 4 is 17.2 Å². The van der Waals surface area contributed by atoms with Crippen LogP contribution in [0, 0.1) is 5.82 Å². The van der Waals surface area contributed by atoms with Crippen molar-refractivity contribution in [1.29, 1.82) is 0 Å². The van der Waals surface area contributed by atoms with E-state index in [9.17, 15) is 9.18 Å². The van der Waals surface area contributed by atoms with Crippen LogP contribution >= 0.6 is 0 Å². The molecule has 0 spiro atoms. The van der Waals surface area contributed by atoms with E-state index in [1.807, 2.05) is 0 Å². The summed E-state index contributed by atoms with van der Waals surface area (Å²) in [5.41, 5.74) is 0.477. The molecule has 0 fully saturated rings. The Morgan fingerprint density at radius 1 is 1.40 bits per heavy atom. The summed E-state index contributed by atoms with van der Waals surface area (Å²) in [4.78, 5) is 18.3. The second-order valence-electron chi connectivity index (χ2n) is 2.87. The molecule has 1 aromatic carbocycles. The number of rotatable bonds is 2. The highest BCUT2D eigenvalue weighted by atomic mass is 19.1. The Morgan fingerprint density at radius 2 is 2.20 bits per heavy atom. The molecule has 0 saturated heterocycles. The lowest BCUT2D eigenvalue weighted by atomic mass is 10.2. The average molecular weight is 206 g/mol. The summed E-state index contributed by atoms with van der Waals surface area (Å²) < 4.78 is 17.9. The molecule has 0 aliphatic carbocycles. The van der Waals surface area contributed by atoms with Crippen molar-refractivity contribution in [2.24, 2.45) is 0 Å². The van der Waals surface area contributed by atoms with E-state index in [-0.39, 0.29) is 11.7 Å². The first kappa shape index (κ1) is 9.51. The number of carbonyl (C=O) groups is 1. The third-order valence-electron chi connectivity index (χ3n) is 1.94.